The van der Waals surface area contributed by atoms with Crippen LogP contribution in [0.2, 0.25) is 0 Å². The van der Waals surface area contributed by atoms with Crippen LogP contribution >= 0.6 is 0 Å². The molecule has 0 aromatic rings. The molecule has 0 amide bonds. The van der Waals surface area contributed by atoms with E-state index in [1.807, 2.05) is 52.8 Å². The van der Waals surface area contributed by atoms with Gasteiger partial charge in [0.25, 0.3) is 0 Å². The molecule has 2 fully saturated rings. The molecular weight excluding hydrogens is 714 g/mol. The van der Waals surface area contributed by atoms with Crippen molar-refractivity contribution in [3.63, 3.8) is 0 Å². The Labute approximate surface area is 328 Å². The average Bonchev–Trinajstić information content (AvgIpc) is 3.10. The van der Waals surface area contributed by atoms with Crippen LogP contribution in [0.1, 0.15) is 87.0 Å². The molecule has 3 heterocycles. The molecule has 55 heavy (non-hydrogen) atoms. The van der Waals surface area contributed by atoms with Gasteiger partial charge < -0.3 is 62.9 Å². The van der Waals surface area contributed by atoms with E-state index in [0.29, 0.717) is 25.4 Å². The van der Waals surface area contributed by atoms with Crippen molar-refractivity contribution in [3.05, 3.63) is 24.3 Å². The maximum Gasteiger partial charge on any atom is 0.308 e. The van der Waals surface area contributed by atoms with Gasteiger partial charge in [-0.1, -0.05) is 45.1 Å². The summed E-state index contributed by atoms with van der Waals surface area (Å²) in [5.41, 5.74) is -0.703. The number of cyclic esters (lactones) is 1. The van der Waals surface area contributed by atoms with Gasteiger partial charge in [0.05, 0.1) is 48.6 Å². The van der Waals surface area contributed by atoms with Crippen LogP contribution in [0.3, 0.4) is 0 Å². The van der Waals surface area contributed by atoms with E-state index in [4.69, 9.17) is 37.9 Å². The fourth-order valence-electron chi connectivity index (χ4n) is 7.96. The molecule has 16 atom stereocenters. The summed E-state index contributed by atoms with van der Waals surface area (Å²) in [4.78, 5) is 26.9. The first-order valence-corrected chi connectivity index (χ1v) is 19.9. The first kappa shape index (κ1) is 47.6. The third-order valence-corrected chi connectivity index (χ3v) is 11.2. The molecule has 0 spiro atoms. The number of aliphatic hydroxyl groups is 3. The Balaban J connectivity index is 1.91. The van der Waals surface area contributed by atoms with E-state index < -0.39 is 91.4 Å². The zero-order valence-corrected chi connectivity index (χ0v) is 34.9. The first-order chi connectivity index (χ1) is 26.0. The van der Waals surface area contributed by atoms with E-state index in [1.54, 1.807) is 32.3 Å². The quantitative estimate of drug-likeness (QED) is 0.183. The summed E-state index contributed by atoms with van der Waals surface area (Å²) >= 11 is 0. The lowest BCUT2D eigenvalue weighted by Gasteiger charge is -2.51. The van der Waals surface area contributed by atoms with Gasteiger partial charge in [-0.25, -0.2) is 0 Å². The Bertz CT molecular complexity index is 1220. The molecule has 3 rings (SSSR count). The summed E-state index contributed by atoms with van der Waals surface area (Å²) in [6.45, 7) is 14.2. The number of ether oxygens (including phenoxy) is 8. The molecule has 14 heteroatoms. The number of carbonyl (C=O) groups is 2. The van der Waals surface area contributed by atoms with E-state index in [9.17, 15) is 24.9 Å². The lowest BCUT2D eigenvalue weighted by molar-refractivity contribution is -0.347. The minimum absolute atomic E-state index is 0.0156. The third-order valence-electron chi connectivity index (χ3n) is 11.2. The monoisotopic (exact) mass is 785 g/mol. The third kappa shape index (κ3) is 13.4. The van der Waals surface area contributed by atoms with Crippen molar-refractivity contribution in [2.24, 2.45) is 17.8 Å². The molecule has 1 unspecified atom stereocenters. The molecule has 0 saturated carbocycles. The highest BCUT2D eigenvalue weighted by molar-refractivity contribution is 5.70. The molecule has 0 aliphatic carbocycles. The zero-order chi connectivity index (χ0) is 41.0. The average molecular weight is 786 g/mol. The molecule has 3 aliphatic heterocycles. The second-order valence-electron chi connectivity index (χ2n) is 16.5. The Morgan fingerprint density at radius 3 is 2.33 bits per heavy atom. The van der Waals surface area contributed by atoms with Gasteiger partial charge in [-0.2, -0.15) is 0 Å². The van der Waals surface area contributed by atoms with Gasteiger partial charge in [-0.3, -0.25) is 4.79 Å². The number of carbonyl (C=O) groups excluding carboxylic acids is 2. The molecule has 0 aromatic carbocycles. The smallest absolute Gasteiger partial charge is 0.308 e. The van der Waals surface area contributed by atoms with Crippen molar-refractivity contribution in [3.8, 4) is 0 Å². The van der Waals surface area contributed by atoms with Gasteiger partial charge in [-0.05, 0) is 72.4 Å². The number of allylic oxidation sites excluding steroid dienone is 2. The van der Waals surface area contributed by atoms with Crippen molar-refractivity contribution in [2.75, 3.05) is 34.9 Å². The van der Waals surface area contributed by atoms with Gasteiger partial charge in [0.1, 0.15) is 36.8 Å². The minimum Gasteiger partial charge on any atom is -0.462 e. The molecule has 0 radical (unpaired) electrons. The van der Waals surface area contributed by atoms with Crippen LogP contribution in [0, 0.1) is 17.8 Å². The Hall–Kier alpha value is -1.82. The highest BCUT2D eigenvalue weighted by Crippen LogP contribution is 2.38. The van der Waals surface area contributed by atoms with E-state index in [2.05, 4.69) is 13.8 Å². The van der Waals surface area contributed by atoms with Crippen LogP contribution in [-0.4, -0.2) is 153 Å². The van der Waals surface area contributed by atoms with Crippen molar-refractivity contribution in [1.29, 1.82) is 0 Å². The second kappa shape index (κ2) is 22.4. The van der Waals surface area contributed by atoms with Gasteiger partial charge >= 0.3 is 5.97 Å². The molecule has 3 N–H and O–H groups in total. The van der Waals surface area contributed by atoms with Gasteiger partial charge in [0.2, 0.25) is 0 Å². The van der Waals surface area contributed by atoms with Crippen LogP contribution in [0.25, 0.3) is 0 Å². The SMILES string of the molecule is COC1[C@H](O)CC(=O)O[C@H](C)C/C=C/C=C/[C@H](O)[C@H](C)C[C@H](CC=O)[C@@H]1O[C@@H]1O[C@H](C)[C@@H](O[C@H]2C[C@@](C)(OC)[C@@H](OCCC(C)C)[C@H](C)O2)[C@H](N(C)C)[C@H]1O. The second-order valence-corrected chi connectivity index (χ2v) is 16.5. The number of esters is 1. The summed E-state index contributed by atoms with van der Waals surface area (Å²) in [5.74, 6) is -1.09. The van der Waals surface area contributed by atoms with Crippen molar-refractivity contribution >= 4 is 12.3 Å². The number of nitrogens with zero attached hydrogens (tertiary/aromatic N) is 1. The lowest BCUT2D eigenvalue weighted by atomic mass is 9.82. The van der Waals surface area contributed by atoms with Crippen molar-refractivity contribution in [1.82, 2.24) is 4.90 Å². The lowest BCUT2D eigenvalue weighted by Crippen LogP contribution is -2.66. The molecule has 318 valence electrons. The minimum atomic E-state index is -1.40. The van der Waals surface area contributed by atoms with E-state index in [1.165, 1.54) is 7.11 Å². The van der Waals surface area contributed by atoms with Gasteiger partial charge in [-0.15, -0.1) is 0 Å². The highest BCUT2D eigenvalue weighted by Gasteiger charge is 2.52. The van der Waals surface area contributed by atoms with E-state index in [0.717, 1.165) is 12.7 Å². The highest BCUT2D eigenvalue weighted by atomic mass is 16.7. The fraction of sp³-hybridized carbons (Fsp3) is 0.854. The normalized spacial score (nSPS) is 42.5. The van der Waals surface area contributed by atoms with Crippen LogP contribution < -0.4 is 0 Å². The fourth-order valence-corrected chi connectivity index (χ4v) is 7.96. The maximum absolute atomic E-state index is 12.9. The summed E-state index contributed by atoms with van der Waals surface area (Å²) < 4.78 is 49.7. The Kier molecular flexibility index (Phi) is 19.3. The van der Waals surface area contributed by atoms with Crippen LogP contribution in [-0.2, 0) is 47.5 Å². The Morgan fingerprint density at radius 2 is 1.71 bits per heavy atom. The number of methoxy groups -OCH3 is 2. The van der Waals surface area contributed by atoms with E-state index in [-0.39, 0.29) is 31.0 Å². The van der Waals surface area contributed by atoms with E-state index >= 15 is 0 Å². The number of likely N-dealkylation sites (N-methyl/N-ethyl adjacent to an activating group) is 1. The number of aliphatic hydroxyl groups excluding tert-OH is 3. The summed E-state index contributed by atoms with van der Waals surface area (Å²) in [6.07, 6.45) is -0.810. The number of hydrogen-bond donors (Lipinski definition) is 3. The molecule has 3 aliphatic rings. The van der Waals surface area contributed by atoms with Crippen molar-refractivity contribution in [2.45, 2.75) is 172 Å². The number of hydrogen-bond acceptors (Lipinski definition) is 14. The van der Waals surface area contributed by atoms with Crippen LogP contribution in [0.5, 0.6) is 0 Å². The van der Waals surface area contributed by atoms with Crippen LogP contribution in [0.15, 0.2) is 24.3 Å². The predicted octanol–water partition coefficient (Wildman–Crippen LogP) is 3.57. The van der Waals surface area contributed by atoms with Gasteiger partial charge in [0.15, 0.2) is 12.6 Å². The summed E-state index contributed by atoms with van der Waals surface area (Å²) in [6, 6.07) is -0.654. The molecule has 2 saturated heterocycles. The maximum atomic E-state index is 12.9. The topological polar surface area (TPSA) is 172 Å². The van der Waals surface area contributed by atoms with Crippen molar-refractivity contribution < 1.29 is 62.8 Å². The first-order valence-electron chi connectivity index (χ1n) is 19.9. The Morgan fingerprint density at radius 1 is 1.00 bits per heavy atom. The number of aldehydes is 1. The molecular formula is C41H71NO13. The molecule has 0 aromatic heterocycles. The standard InChI is InChI=1S/C41H71NO13/c1-24(2)18-20-50-39-28(6)52-33(23-41(39,7)49-11)54-36-27(5)53-40(35(47)34(36)42(8)9)55-37-29(17-19-43)21-25(3)30(44)16-14-12-13-15-26(4)51-32(46)22-31(45)38(37)48-10/h12-14,16,19,24-31,33-40,44-45,47H,15,17-18,20-23H2,1-11H3/b13-12+,16-14+/t25-,26-,27-,28+,29+,30+,31-,33+,34-,35-,36-,37+,38?,39+,40+,41-/m1/s1. The predicted molar refractivity (Wildman–Crippen MR) is 205 cm³/mol. The van der Waals surface area contributed by atoms with Crippen LogP contribution in [0.4, 0.5) is 0 Å². The molecule has 0 bridgehead atoms. The largest absolute Gasteiger partial charge is 0.462 e. The summed E-state index contributed by atoms with van der Waals surface area (Å²) in [7, 11) is 6.68. The van der Waals surface area contributed by atoms with Gasteiger partial charge in [0, 0.05) is 40.1 Å². The summed E-state index contributed by atoms with van der Waals surface area (Å²) in [5, 5.41) is 34.5. The molecule has 14 nitrogen and oxygen atoms in total. The number of rotatable bonds is 13. The zero-order valence-electron chi connectivity index (χ0n) is 34.9.